The second-order valence-electron chi connectivity index (χ2n) is 7.31. The lowest BCUT2D eigenvalue weighted by Crippen LogP contribution is -2.44. The van der Waals surface area contributed by atoms with Crippen molar-refractivity contribution in [1.29, 1.82) is 0 Å². The van der Waals surface area contributed by atoms with Crippen LogP contribution in [0.25, 0.3) is 0 Å². The molecular formula is C22H22ClN3O4S. The summed E-state index contributed by atoms with van der Waals surface area (Å²) < 4.78 is 32.7. The third-order valence-electron chi connectivity index (χ3n) is 5.37. The fourth-order valence-corrected chi connectivity index (χ4v) is 5.63. The van der Waals surface area contributed by atoms with Crippen molar-refractivity contribution in [2.75, 3.05) is 18.0 Å². The van der Waals surface area contributed by atoms with Crippen molar-refractivity contribution in [3.63, 3.8) is 0 Å². The number of para-hydroxylation sites is 1. The maximum absolute atomic E-state index is 13.4. The van der Waals surface area contributed by atoms with Crippen LogP contribution in [-0.2, 0) is 21.4 Å². The van der Waals surface area contributed by atoms with Crippen molar-refractivity contribution in [3.05, 3.63) is 78.0 Å². The van der Waals surface area contributed by atoms with Crippen LogP contribution in [0.5, 0.6) is 0 Å². The van der Waals surface area contributed by atoms with E-state index in [-0.39, 0.29) is 35.0 Å². The van der Waals surface area contributed by atoms with E-state index in [4.69, 9.17) is 16.0 Å². The number of aromatic nitrogens is 1. The van der Waals surface area contributed by atoms with Crippen LogP contribution in [-0.4, -0.2) is 36.7 Å². The Kier molecular flexibility index (Phi) is 6.41. The molecule has 0 bridgehead atoms. The zero-order chi connectivity index (χ0) is 21.8. The number of sulfonamides is 1. The van der Waals surface area contributed by atoms with Gasteiger partial charge in [0.05, 0.1) is 12.8 Å². The van der Waals surface area contributed by atoms with Crippen molar-refractivity contribution in [2.24, 2.45) is 5.92 Å². The van der Waals surface area contributed by atoms with Gasteiger partial charge < -0.3 is 9.32 Å². The maximum Gasteiger partial charge on any atom is 0.246 e. The molecule has 31 heavy (non-hydrogen) atoms. The van der Waals surface area contributed by atoms with Crippen LogP contribution in [0.3, 0.4) is 0 Å². The van der Waals surface area contributed by atoms with E-state index in [9.17, 15) is 13.2 Å². The number of rotatable bonds is 6. The first-order valence-corrected chi connectivity index (χ1v) is 11.8. The number of hydrogen-bond acceptors (Lipinski definition) is 5. The summed E-state index contributed by atoms with van der Waals surface area (Å²) >= 11 is 6.00. The predicted molar refractivity (Wildman–Crippen MR) is 117 cm³/mol. The molecule has 4 rings (SSSR count). The molecular weight excluding hydrogens is 438 g/mol. The first-order valence-electron chi connectivity index (χ1n) is 9.96. The van der Waals surface area contributed by atoms with Crippen LogP contribution < -0.4 is 4.90 Å². The number of carbonyl (C=O) groups is 1. The van der Waals surface area contributed by atoms with Crippen molar-refractivity contribution < 1.29 is 17.6 Å². The lowest BCUT2D eigenvalue weighted by Gasteiger charge is -2.33. The minimum Gasteiger partial charge on any atom is -0.467 e. The lowest BCUT2D eigenvalue weighted by atomic mass is 9.96. The Morgan fingerprint density at radius 1 is 1.10 bits per heavy atom. The lowest BCUT2D eigenvalue weighted by molar-refractivity contribution is -0.123. The Hall–Kier alpha value is -2.68. The summed E-state index contributed by atoms with van der Waals surface area (Å²) in [5, 5.41) is -0.0469. The molecule has 3 aromatic rings. The summed E-state index contributed by atoms with van der Waals surface area (Å²) in [5.41, 5.74) is 0.779. The van der Waals surface area contributed by atoms with Crippen molar-refractivity contribution in [2.45, 2.75) is 24.3 Å². The van der Waals surface area contributed by atoms with E-state index in [2.05, 4.69) is 4.98 Å². The highest BCUT2D eigenvalue weighted by Gasteiger charge is 2.35. The number of nitrogens with zero attached hydrogens (tertiary/aromatic N) is 3. The summed E-state index contributed by atoms with van der Waals surface area (Å²) in [6.45, 7) is 0.806. The van der Waals surface area contributed by atoms with Gasteiger partial charge in [0.2, 0.25) is 15.9 Å². The molecule has 162 valence electrons. The molecule has 7 nitrogen and oxygen atoms in total. The zero-order valence-corrected chi connectivity index (χ0v) is 18.3. The van der Waals surface area contributed by atoms with Gasteiger partial charge in [0.25, 0.3) is 0 Å². The number of benzene rings is 1. The van der Waals surface area contributed by atoms with E-state index in [1.165, 1.54) is 16.6 Å². The van der Waals surface area contributed by atoms with Crippen molar-refractivity contribution in [3.8, 4) is 0 Å². The Morgan fingerprint density at radius 2 is 1.84 bits per heavy atom. The quantitative estimate of drug-likeness (QED) is 0.521. The summed E-state index contributed by atoms with van der Waals surface area (Å²) in [7, 11) is -3.76. The van der Waals surface area contributed by atoms with Gasteiger partial charge in [-0.1, -0.05) is 29.8 Å². The Balaban J connectivity index is 1.49. The fourth-order valence-electron chi connectivity index (χ4n) is 3.73. The summed E-state index contributed by atoms with van der Waals surface area (Å²) in [6.07, 6.45) is 3.88. The molecule has 1 saturated heterocycles. The topological polar surface area (TPSA) is 83.7 Å². The molecule has 3 heterocycles. The molecule has 0 saturated carbocycles. The summed E-state index contributed by atoms with van der Waals surface area (Å²) in [6, 6.07) is 16.0. The Morgan fingerprint density at radius 3 is 2.48 bits per heavy atom. The number of amides is 1. The van der Waals surface area contributed by atoms with Gasteiger partial charge in [-0.15, -0.1) is 0 Å². The highest BCUT2D eigenvalue weighted by molar-refractivity contribution is 7.89. The van der Waals surface area contributed by atoms with Crippen LogP contribution in [0.15, 0.2) is 76.4 Å². The molecule has 0 radical (unpaired) electrons. The monoisotopic (exact) mass is 459 g/mol. The standard InChI is InChI=1S/C22H22ClN3O4S/c23-21-20(9-4-12-24-21)31(28,29)25-13-10-17(11-14-25)22(27)26(16-19-8-5-15-30-19)18-6-2-1-3-7-18/h1-9,12,15,17H,10-11,13-14,16H2. The van der Waals surface area contributed by atoms with Crippen molar-refractivity contribution >= 4 is 33.2 Å². The van der Waals surface area contributed by atoms with E-state index in [1.54, 1.807) is 23.3 Å². The summed E-state index contributed by atoms with van der Waals surface area (Å²) in [4.78, 5) is 18.9. The number of halogens is 1. The van der Waals surface area contributed by atoms with Crippen LogP contribution >= 0.6 is 11.6 Å². The third-order valence-corrected chi connectivity index (χ3v) is 7.72. The number of furan rings is 1. The van der Waals surface area contributed by atoms with Gasteiger partial charge in [0.15, 0.2) is 0 Å². The average Bonchev–Trinajstić information content (AvgIpc) is 3.31. The minimum absolute atomic E-state index is 0.00910. The Bertz CT molecular complexity index is 1130. The van der Waals surface area contributed by atoms with Gasteiger partial charge >= 0.3 is 0 Å². The zero-order valence-electron chi connectivity index (χ0n) is 16.7. The molecule has 9 heteroatoms. The van der Waals surface area contributed by atoms with Gasteiger partial charge in [0, 0.05) is 30.9 Å². The van der Waals surface area contributed by atoms with Gasteiger partial charge in [-0.25, -0.2) is 13.4 Å². The van der Waals surface area contributed by atoms with Crippen LogP contribution in [0.4, 0.5) is 5.69 Å². The maximum atomic E-state index is 13.4. The number of piperidine rings is 1. The molecule has 1 aliphatic heterocycles. The van der Waals surface area contributed by atoms with Crippen LogP contribution in [0.2, 0.25) is 5.15 Å². The van der Waals surface area contributed by atoms with Gasteiger partial charge in [-0.05, 0) is 49.2 Å². The number of pyridine rings is 1. The summed E-state index contributed by atoms with van der Waals surface area (Å²) in [5.74, 6) is 0.355. The molecule has 0 atom stereocenters. The average molecular weight is 460 g/mol. The number of anilines is 1. The van der Waals surface area contributed by atoms with Crippen LogP contribution in [0.1, 0.15) is 18.6 Å². The molecule has 1 amide bonds. The second-order valence-corrected chi connectivity index (χ2v) is 9.57. The molecule has 1 aliphatic rings. The van der Waals surface area contributed by atoms with Gasteiger partial charge in [-0.2, -0.15) is 4.31 Å². The largest absolute Gasteiger partial charge is 0.467 e. The van der Waals surface area contributed by atoms with E-state index < -0.39 is 10.0 Å². The minimum atomic E-state index is -3.76. The molecule has 0 unspecified atom stereocenters. The molecule has 1 fully saturated rings. The normalized spacial score (nSPS) is 15.6. The fraction of sp³-hybridized carbons (Fsp3) is 0.273. The molecule has 0 aliphatic carbocycles. The molecule has 1 aromatic carbocycles. The Labute approximate surface area is 186 Å². The highest BCUT2D eigenvalue weighted by atomic mass is 35.5. The molecule has 2 aromatic heterocycles. The number of carbonyl (C=O) groups excluding carboxylic acids is 1. The predicted octanol–water partition coefficient (Wildman–Crippen LogP) is 3.96. The SMILES string of the molecule is O=C(C1CCN(S(=O)(=O)c2cccnc2Cl)CC1)N(Cc1ccco1)c1ccccc1. The van der Waals surface area contributed by atoms with Gasteiger partial charge in [0.1, 0.15) is 15.8 Å². The van der Waals surface area contributed by atoms with Crippen LogP contribution in [0, 0.1) is 5.92 Å². The smallest absolute Gasteiger partial charge is 0.246 e. The van der Waals surface area contributed by atoms with E-state index in [0.29, 0.717) is 25.1 Å². The van der Waals surface area contributed by atoms with Gasteiger partial charge in [-0.3, -0.25) is 4.79 Å². The third kappa shape index (κ3) is 4.66. The first-order chi connectivity index (χ1) is 15.0. The van der Waals surface area contributed by atoms with E-state index in [0.717, 1.165) is 5.69 Å². The second kappa shape index (κ2) is 9.21. The molecule has 0 spiro atoms. The van der Waals surface area contributed by atoms with E-state index >= 15 is 0 Å². The van der Waals surface area contributed by atoms with Crippen molar-refractivity contribution in [1.82, 2.24) is 9.29 Å². The highest BCUT2D eigenvalue weighted by Crippen LogP contribution is 2.29. The first kappa shape index (κ1) is 21.5. The number of hydrogen-bond donors (Lipinski definition) is 0. The molecule has 0 N–H and O–H groups in total. The van der Waals surface area contributed by atoms with E-state index in [1.807, 2.05) is 36.4 Å².